The van der Waals surface area contributed by atoms with Gasteiger partial charge in [0.2, 0.25) is 5.91 Å². The fourth-order valence-electron chi connectivity index (χ4n) is 2.59. The van der Waals surface area contributed by atoms with Crippen molar-refractivity contribution in [1.29, 1.82) is 0 Å². The first-order valence-corrected chi connectivity index (χ1v) is 7.48. The summed E-state index contributed by atoms with van der Waals surface area (Å²) in [5.74, 6) is -0.606. The van der Waals surface area contributed by atoms with Gasteiger partial charge in [-0.1, -0.05) is 24.3 Å². The Morgan fingerprint density at radius 2 is 2.00 bits per heavy atom. The third-order valence-corrected chi connectivity index (χ3v) is 4.11. The molecule has 0 unspecified atom stereocenters. The van der Waals surface area contributed by atoms with Gasteiger partial charge in [0.15, 0.2) is 0 Å². The Morgan fingerprint density at radius 1 is 1.27 bits per heavy atom. The number of imide groups is 1. The Morgan fingerprint density at radius 3 is 2.68 bits per heavy atom. The van der Waals surface area contributed by atoms with Crippen molar-refractivity contribution in [3.05, 3.63) is 35.4 Å². The van der Waals surface area contributed by atoms with Gasteiger partial charge in [0.1, 0.15) is 13.1 Å². The smallest absolute Gasteiger partial charge is 0.327 e. The number of aryl methyl sites for hydroxylation is 1. The van der Waals surface area contributed by atoms with Crippen molar-refractivity contribution < 1.29 is 14.4 Å². The Bertz CT molecular complexity index is 625. The van der Waals surface area contributed by atoms with E-state index in [1.807, 2.05) is 31.2 Å². The Kier molecular flexibility index (Phi) is 3.83. The molecule has 6 heteroatoms. The van der Waals surface area contributed by atoms with Crippen LogP contribution in [0.3, 0.4) is 0 Å². The number of amides is 4. The average Bonchev–Trinajstić information content (AvgIpc) is 3.29. The number of benzene rings is 1. The molecule has 6 nitrogen and oxygen atoms in total. The van der Waals surface area contributed by atoms with E-state index in [4.69, 9.17) is 0 Å². The van der Waals surface area contributed by atoms with Gasteiger partial charge in [-0.3, -0.25) is 14.5 Å². The van der Waals surface area contributed by atoms with Crippen molar-refractivity contribution in [2.45, 2.75) is 32.4 Å². The van der Waals surface area contributed by atoms with Gasteiger partial charge in [-0.25, -0.2) is 4.79 Å². The monoisotopic (exact) mass is 301 g/mol. The topological polar surface area (TPSA) is 69.7 Å². The van der Waals surface area contributed by atoms with Gasteiger partial charge < -0.3 is 10.2 Å². The molecule has 22 heavy (non-hydrogen) atoms. The second kappa shape index (κ2) is 5.79. The maximum Gasteiger partial charge on any atom is 0.327 e. The minimum Gasteiger partial charge on any atom is -0.350 e. The molecular weight excluding hydrogens is 282 g/mol. The second-order valence-corrected chi connectivity index (χ2v) is 5.82. The maximum absolute atomic E-state index is 12.1. The van der Waals surface area contributed by atoms with E-state index in [0.717, 1.165) is 28.9 Å². The van der Waals surface area contributed by atoms with Crippen LogP contribution in [0.4, 0.5) is 4.79 Å². The van der Waals surface area contributed by atoms with Gasteiger partial charge in [0.25, 0.3) is 5.91 Å². The van der Waals surface area contributed by atoms with E-state index in [1.165, 1.54) is 0 Å². The molecule has 1 aliphatic carbocycles. The first kappa shape index (κ1) is 14.6. The summed E-state index contributed by atoms with van der Waals surface area (Å²) in [6.07, 6.45) is 1.90. The van der Waals surface area contributed by atoms with Crippen LogP contribution in [-0.4, -0.2) is 46.8 Å². The first-order valence-electron chi connectivity index (χ1n) is 7.48. The molecule has 0 radical (unpaired) electrons. The van der Waals surface area contributed by atoms with Gasteiger partial charge in [0, 0.05) is 12.6 Å². The van der Waals surface area contributed by atoms with Crippen LogP contribution in [0.15, 0.2) is 24.3 Å². The van der Waals surface area contributed by atoms with Crippen LogP contribution in [0.25, 0.3) is 0 Å². The molecule has 0 bridgehead atoms. The lowest BCUT2D eigenvalue weighted by atomic mass is 10.1. The summed E-state index contributed by atoms with van der Waals surface area (Å²) in [5, 5.41) is 2.76. The SMILES string of the molecule is Cc1ccccc1CNC(=O)CN1C(=O)CN(C2CC2)C1=O. The zero-order valence-electron chi connectivity index (χ0n) is 12.5. The Labute approximate surface area is 129 Å². The van der Waals surface area contributed by atoms with Crippen LogP contribution < -0.4 is 5.32 Å². The van der Waals surface area contributed by atoms with E-state index in [1.54, 1.807) is 4.90 Å². The van der Waals surface area contributed by atoms with Crippen LogP contribution in [0, 0.1) is 6.92 Å². The highest BCUT2D eigenvalue weighted by molar-refractivity contribution is 6.04. The van der Waals surface area contributed by atoms with Crippen LogP contribution in [-0.2, 0) is 16.1 Å². The van der Waals surface area contributed by atoms with Gasteiger partial charge in [-0.2, -0.15) is 0 Å². The van der Waals surface area contributed by atoms with Crippen molar-refractivity contribution >= 4 is 17.8 Å². The highest BCUT2D eigenvalue weighted by Gasteiger charge is 2.44. The summed E-state index contributed by atoms with van der Waals surface area (Å²) in [6, 6.07) is 7.62. The minimum absolute atomic E-state index is 0.106. The van der Waals surface area contributed by atoms with Gasteiger partial charge in [0.05, 0.1) is 0 Å². The largest absolute Gasteiger partial charge is 0.350 e. The molecule has 2 aliphatic rings. The number of carbonyl (C=O) groups is 3. The van der Waals surface area contributed by atoms with Gasteiger partial charge in [-0.05, 0) is 30.9 Å². The molecule has 116 valence electrons. The molecule has 1 aromatic carbocycles. The molecule has 0 atom stereocenters. The highest BCUT2D eigenvalue weighted by Crippen LogP contribution is 2.30. The molecule has 1 saturated carbocycles. The second-order valence-electron chi connectivity index (χ2n) is 5.82. The standard InChI is InChI=1S/C16H19N3O3/c1-11-4-2-3-5-12(11)8-17-14(20)9-19-15(21)10-18(16(19)22)13-6-7-13/h2-5,13H,6-10H2,1H3,(H,17,20). The summed E-state index contributed by atoms with van der Waals surface area (Å²) < 4.78 is 0. The average molecular weight is 301 g/mol. The number of hydrogen-bond acceptors (Lipinski definition) is 3. The first-order chi connectivity index (χ1) is 10.6. The zero-order valence-corrected chi connectivity index (χ0v) is 12.5. The fourth-order valence-corrected chi connectivity index (χ4v) is 2.59. The van der Waals surface area contributed by atoms with Crippen molar-refractivity contribution in [1.82, 2.24) is 15.1 Å². The summed E-state index contributed by atoms with van der Waals surface area (Å²) in [7, 11) is 0. The Hall–Kier alpha value is -2.37. The maximum atomic E-state index is 12.1. The van der Waals surface area contributed by atoms with Crippen molar-refractivity contribution in [3.63, 3.8) is 0 Å². The third kappa shape index (κ3) is 2.95. The van der Waals surface area contributed by atoms with Crippen LogP contribution in [0.2, 0.25) is 0 Å². The lowest BCUT2D eigenvalue weighted by molar-refractivity contribution is -0.130. The van der Waals surface area contributed by atoms with Crippen LogP contribution >= 0.6 is 0 Å². The molecule has 1 aliphatic heterocycles. The molecule has 1 saturated heterocycles. The zero-order chi connectivity index (χ0) is 15.7. The molecule has 1 N–H and O–H groups in total. The molecule has 4 amide bonds. The lowest BCUT2D eigenvalue weighted by Gasteiger charge is -2.16. The number of carbonyl (C=O) groups excluding carboxylic acids is 3. The van der Waals surface area contributed by atoms with Crippen molar-refractivity contribution in [2.75, 3.05) is 13.1 Å². The van der Waals surface area contributed by atoms with E-state index in [0.29, 0.717) is 6.54 Å². The van der Waals surface area contributed by atoms with Gasteiger partial charge >= 0.3 is 6.03 Å². The molecule has 0 spiro atoms. The normalized spacial score (nSPS) is 18.0. The number of hydrogen-bond donors (Lipinski definition) is 1. The third-order valence-electron chi connectivity index (χ3n) is 4.11. The Balaban J connectivity index is 1.54. The van der Waals surface area contributed by atoms with Crippen molar-refractivity contribution in [3.8, 4) is 0 Å². The van der Waals surface area contributed by atoms with Crippen LogP contribution in [0.1, 0.15) is 24.0 Å². The van der Waals surface area contributed by atoms with Gasteiger partial charge in [-0.15, -0.1) is 0 Å². The molecular formula is C16H19N3O3. The summed E-state index contributed by atoms with van der Waals surface area (Å²) in [4.78, 5) is 38.6. The fraction of sp³-hybridized carbons (Fsp3) is 0.438. The molecule has 1 aromatic rings. The summed E-state index contributed by atoms with van der Waals surface area (Å²) >= 11 is 0. The summed E-state index contributed by atoms with van der Waals surface area (Å²) in [6.45, 7) is 2.28. The van der Waals surface area contributed by atoms with Crippen LogP contribution in [0.5, 0.6) is 0 Å². The van der Waals surface area contributed by atoms with Crippen molar-refractivity contribution in [2.24, 2.45) is 0 Å². The van der Waals surface area contributed by atoms with E-state index in [2.05, 4.69) is 5.32 Å². The van der Waals surface area contributed by atoms with E-state index in [-0.39, 0.29) is 37.0 Å². The predicted molar refractivity (Wildman–Crippen MR) is 79.9 cm³/mol. The van der Waals surface area contributed by atoms with E-state index < -0.39 is 0 Å². The van der Waals surface area contributed by atoms with E-state index in [9.17, 15) is 14.4 Å². The lowest BCUT2D eigenvalue weighted by Crippen LogP contribution is -2.41. The molecule has 2 fully saturated rings. The number of nitrogens with one attached hydrogen (secondary N) is 1. The highest BCUT2D eigenvalue weighted by atomic mass is 16.2. The number of nitrogens with zero attached hydrogens (tertiary/aromatic N) is 2. The predicted octanol–water partition coefficient (Wildman–Crippen LogP) is 1.04. The number of urea groups is 1. The molecule has 1 heterocycles. The quantitative estimate of drug-likeness (QED) is 0.826. The minimum atomic E-state index is -0.335. The van der Waals surface area contributed by atoms with E-state index >= 15 is 0 Å². The molecule has 0 aromatic heterocycles. The number of rotatable bonds is 5. The summed E-state index contributed by atoms with van der Waals surface area (Å²) in [5.41, 5.74) is 2.12. The molecule has 3 rings (SSSR count).